The van der Waals surface area contributed by atoms with Crippen LogP contribution in [0.25, 0.3) is 0 Å². The number of hydrogen-bond donors (Lipinski definition) is 2. The predicted octanol–water partition coefficient (Wildman–Crippen LogP) is 2.66. The monoisotopic (exact) mass is 359 g/mol. The summed E-state index contributed by atoms with van der Waals surface area (Å²) in [6, 6.07) is 10.2. The first-order valence-corrected chi connectivity index (χ1v) is 8.67. The zero-order chi connectivity index (χ0) is 18.4. The Morgan fingerprint density at radius 2 is 1.92 bits per heavy atom. The molecule has 1 heterocycles. The van der Waals surface area contributed by atoms with Gasteiger partial charge in [-0.1, -0.05) is 12.1 Å². The quantitative estimate of drug-likeness (QED) is 0.832. The fourth-order valence-corrected chi connectivity index (χ4v) is 3.12. The minimum absolute atomic E-state index is 0.117. The number of carbonyl (C=O) groups excluding carboxylic acids is 3. The maximum atomic E-state index is 12.4. The second-order valence-electron chi connectivity index (χ2n) is 5.80. The highest BCUT2D eigenvalue weighted by Crippen LogP contribution is 2.23. The molecule has 1 aromatic heterocycles. The van der Waals surface area contributed by atoms with Gasteiger partial charge in [-0.15, -0.1) is 11.3 Å². The van der Waals surface area contributed by atoms with Crippen LogP contribution in [0.2, 0.25) is 0 Å². The van der Waals surface area contributed by atoms with Crippen molar-refractivity contribution in [3.8, 4) is 0 Å². The van der Waals surface area contributed by atoms with Crippen LogP contribution in [0.4, 0.5) is 5.69 Å². The second kappa shape index (κ2) is 8.43. The number of carbonyl (C=O) groups is 3. The Labute approximate surface area is 150 Å². The first kappa shape index (κ1) is 18.7. The fraction of sp³-hybridized carbons (Fsp3) is 0.278. The smallest absolute Gasteiger partial charge is 0.253 e. The lowest BCUT2D eigenvalue weighted by Gasteiger charge is -2.16. The van der Waals surface area contributed by atoms with Gasteiger partial charge in [0.05, 0.1) is 12.5 Å². The Kier molecular flexibility index (Phi) is 6.30. The molecule has 1 unspecified atom stereocenters. The van der Waals surface area contributed by atoms with Crippen molar-refractivity contribution in [2.75, 3.05) is 19.4 Å². The molecule has 2 aromatic rings. The van der Waals surface area contributed by atoms with Gasteiger partial charge in [0.25, 0.3) is 5.91 Å². The molecule has 2 N–H and O–H groups in total. The fourth-order valence-electron chi connectivity index (χ4n) is 2.34. The van der Waals surface area contributed by atoms with Crippen LogP contribution in [-0.2, 0) is 9.59 Å². The van der Waals surface area contributed by atoms with Crippen LogP contribution in [0, 0.1) is 0 Å². The summed E-state index contributed by atoms with van der Waals surface area (Å²) < 4.78 is 0. The Morgan fingerprint density at radius 3 is 2.52 bits per heavy atom. The molecule has 1 aromatic carbocycles. The molecule has 0 saturated carbocycles. The molecule has 1 atom stereocenters. The van der Waals surface area contributed by atoms with Gasteiger partial charge in [0, 0.05) is 37.1 Å². The second-order valence-corrected chi connectivity index (χ2v) is 6.78. The number of amides is 3. The predicted molar refractivity (Wildman–Crippen MR) is 98.6 cm³/mol. The van der Waals surface area contributed by atoms with Crippen LogP contribution in [-0.4, -0.2) is 36.7 Å². The number of hydrogen-bond acceptors (Lipinski definition) is 4. The van der Waals surface area contributed by atoms with E-state index < -0.39 is 0 Å². The normalized spacial score (nSPS) is 11.5. The molecule has 0 fully saturated rings. The molecule has 2 rings (SSSR count). The summed E-state index contributed by atoms with van der Waals surface area (Å²) in [6.45, 7) is 1.43. The Balaban J connectivity index is 2.07. The maximum absolute atomic E-state index is 12.4. The van der Waals surface area contributed by atoms with E-state index in [9.17, 15) is 14.4 Å². The van der Waals surface area contributed by atoms with Crippen molar-refractivity contribution >= 4 is 34.7 Å². The van der Waals surface area contributed by atoms with E-state index in [1.54, 1.807) is 38.4 Å². The van der Waals surface area contributed by atoms with Crippen molar-refractivity contribution in [2.45, 2.75) is 19.4 Å². The third-order valence-corrected chi connectivity index (χ3v) is 4.44. The van der Waals surface area contributed by atoms with Crippen molar-refractivity contribution in [3.05, 3.63) is 52.2 Å². The minimum atomic E-state index is -0.371. The molecular formula is C18H21N3O3S. The molecule has 7 heteroatoms. The van der Waals surface area contributed by atoms with Crippen molar-refractivity contribution in [1.29, 1.82) is 0 Å². The van der Waals surface area contributed by atoms with Gasteiger partial charge in [0.2, 0.25) is 11.8 Å². The minimum Gasteiger partial charge on any atom is -0.348 e. The highest BCUT2D eigenvalue weighted by Gasteiger charge is 2.18. The lowest BCUT2D eigenvalue weighted by molar-refractivity contribution is -0.120. The number of nitrogens with zero attached hydrogens (tertiary/aromatic N) is 1. The molecule has 0 aliphatic heterocycles. The van der Waals surface area contributed by atoms with Crippen molar-refractivity contribution < 1.29 is 14.4 Å². The molecule has 3 amide bonds. The van der Waals surface area contributed by atoms with Gasteiger partial charge in [0.15, 0.2) is 0 Å². The van der Waals surface area contributed by atoms with E-state index >= 15 is 0 Å². The molecule has 0 aliphatic rings. The van der Waals surface area contributed by atoms with Crippen molar-refractivity contribution in [2.24, 2.45) is 0 Å². The standard InChI is InChI=1S/C18H21N3O3S/c1-12(22)19-15(16-8-5-9-25-16)11-17(23)20-14-7-4-6-13(10-14)18(24)21(2)3/h4-10,15H,11H2,1-3H3,(H,19,22)(H,20,23). The van der Waals surface area contributed by atoms with E-state index in [1.165, 1.54) is 23.2 Å². The molecule has 132 valence electrons. The molecule has 0 aliphatic carbocycles. The highest BCUT2D eigenvalue weighted by molar-refractivity contribution is 7.10. The van der Waals surface area contributed by atoms with Crippen LogP contribution in [0.1, 0.15) is 34.6 Å². The lowest BCUT2D eigenvalue weighted by atomic mass is 10.1. The SMILES string of the molecule is CC(=O)NC(CC(=O)Nc1cccc(C(=O)N(C)C)c1)c1cccs1. The van der Waals surface area contributed by atoms with Gasteiger partial charge in [-0.2, -0.15) is 0 Å². The van der Waals surface area contributed by atoms with Crippen LogP contribution in [0.3, 0.4) is 0 Å². The largest absolute Gasteiger partial charge is 0.348 e. The molecular weight excluding hydrogens is 338 g/mol. The topological polar surface area (TPSA) is 78.5 Å². The Morgan fingerprint density at radius 1 is 1.16 bits per heavy atom. The number of rotatable bonds is 6. The van der Waals surface area contributed by atoms with Gasteiger partial charge in [-0.25, -0.2) is 0 Å². The maximum Gasteiger partial charge on any atom is 0.253 e. The third-order valence-electron chi connectivity index (χ3n) is 3.45. The molecule has 0 saturated heterocycles. The van der Waals surface area contributed by atoms with Gasteiger partial charge in [-0.3, -0.25) is 14.4 Å². The van der Waals surface area contributed by atoms with Gasteiger partial charge in [-0.05, 0) is 29.6 Å². The summed E-state index contributed by atoms with van der Waals surface area (Å²) in [5, 5.41) is 7.48. The average molecular weight is 359 g/mol. The third kappa shape index (κ3) is 5.42. The van der Waals surface area contributed by atoms with Gasteiger partial charge >= 0.3 is 0 Å². The molecule has 0 spiro atoms. The van der Waals surface area contributed by atoms with Crippen molar-refractivity contribution in [3.63, 3.8) is 0 Å². The first-order valence-electron chi connectivity index (χ1n) is 7.79. The summed E-state index contributed by atoms with van der Waals surface area (Å²) in [5.74, 6) is -0.558. The highest BCUT2D eigenvalue weighted by atomic mass is 32.1. The van der Waals surface area contributed by atoms with Crippen LogP contribution >= 0.6 is 11.3 Å². The number of nitrogens with one attached hydrogen (secondary N) is 2. The van der Waals surface area contributed by atoms with Gasteiger partial charge in [0.1, 0.15) is 0 Å². The summed E-state index contributed by atoms with van der Waals surface area (Å²) >= 11 is 1.49. The Bertz CT molecular complexity index is 757. The van der Waals surface area contributed by atoms with E-state index in [1.807, 2.05) is 17.5 Å². The van der Waals surface area contributed by atoms with Crippen LogP contribution < -0.4 is 10.6 Å². The molecule has 0 bridgehead atoms. The number of benzene rings is 1. The van der Waals surface area contributed by atoms with Crippen molar-refractivity contribution in [1.82, 2.24) is 10.2 Å². The van der Waals surface area contributed by atoms with Gasteiger partial charge < -0.3 is 15.5 Å². The van der Waals surface area contributed by atoms with E-state index in [0.29, 0.717) is 11.3 Å². The number of anilines is 1. The zero-order valence-corrected chi connectivity index (χ0v) is 15.2. The van der Waals surface area contributed by atoms with E-state index in [4.69, 9.17) is 0 Å². The summed E-state index contributed by atoms with van der Waals surface area (Å²) in [5.41, 5.74) is 1.05. The summed E-state index contributed by atoms with van der Waals surface area (Å²) in [7, 11) is 3.35. The lowest BCUT2D eigenvalue weighted by Crippen LogP contribution is -2.29. The van der Waals surface area contributed by atoms with Crippen LogP contribution in [0.15, 0.2) is 41.8 Å². The summed E-state index contributed by atoms with van der Waals surface area (Å²) in [6.07, 6.45) is 0.117. The van der Waals surface area contributed by atoms with E-state index in [-0.39, 0.29) is 30.2 Å². The molecule has 25 heavy (non-hydrogen) atoms. The van der Waals surface area contributed by atoms with E-state index in [2.05, 4.69) is 10.6 Å². The molecule has 6 nitrogen and oxygen atoms in total. The zero-order valence-electron chi connectivity index (χ0n) is 14.4. The summed E-state index contributed by atoms with van der Waals surface area (Å²) in [4.78, 5) is 38.2. The molecule has 0 radical (unpaired) electrons. The number of thiophene rings is 1. The van der Waals surface area contributed by atoms with E-state index in [0.717, 1.165) is 4.88 Å². The first-order chi connectivity index (χ1) is 11.9. The average Bonchev–Trinajstić information content (AvgIpc) is 3.07. The van der Waals surface area contributed by atoms with Crippen LogP contribution in [0.5, 0.6) is 0 Å². The Hall–Kier alpha value is -2.67.